The highest BCUT2D eigenvalue weighted by molar-refractivity contribution is 5.79. The number of hydrogen-bond acceptors (Lipinski definition) is 4. The Hall–Kier alpha value is -3.19. The van der Waals surface area contributed by atoms with E-state index in [1.807, 2.05) is 48.1 Å². The number of nitrogens with one attached hydrogen (secondary N) is 2. The largest absolute Gasteiger partial charge is 0.376 e. The van der Waals surface area contributed by atoms with Crippen LogP contribution in [0, 0.1) is 12.8 Å². The van der Waals surface area contributed by atoms with Crippen molar-refractivity contribution in [3.63, 3.8) is 0 Å². The van der Waals surface area contributed by atoms with Gasteiger partial charge in [0, 0.05) is 38.7 Å². The van der Waals surface area contributed by atoms with Gasteiger partial charge < -0.3 is 15.4 Å². The fraction of sp³-hybridized carbons (Fsp3) is 0.348. The summed E-state index contributed by atoms with van der Waals surface area (Å²) >= 11 is 0. The molecule has 1 atom stereocenters. The van der Waals surface area contributed by atoms with Crippen molar-refractivity contribution in [3.05, 3.63) is 78.0 Å². The maximum Gasteiger partial charge on any atom is 0.191 e. The Bertz CT molecular complexity index is 920. The van der Waals surface area contributed by atoms with Crippen LogP contribution in [-0.2, 0) is 17.9 Å². The van der Waals surface area contributed by atoms with E-state index in [9.17, 15) is 0 Å². The normalized spacial score (nSPS) is 12.6. The van der Waals surface area contributed by atoms with Gasteiger partial charge in [0.2, 0.25) is 0 Å². The summed E-state index contributed by atoms with van der Waals surface area (Å²) < 4.78 is 7.77. The topological polar surface area (TPSA) is 76.4 Å². The maximum absolute atomic E-state index is 5.81. The van der Waals surface area contributed by atoms with E-state index in [0.717, 1.165) is 29.7 Å². The number of hydrogen-bond donors (Lipinski definition) is 2. The molecule has 0 radical (unpaired) electrons. The first-order valence-corrected chi connectivity index (χ1v) is 10.2. The molecule has 0 aliphatic rings. The van der Waals surface area contributed by atoms with Crippen LogP contribution in [0.3, 0.4) is 0 Å². The van der Waals surface area contributed by atoms with E-state index in [-0.39, 0.29) is 0 Å². The van der Waals surface area contributed by atoms with Crippen molar-refractivity contribution < 1.29 is 4.74 Å². The summed E-state index contributed by atoms with van der Waals surface area (Å²) in [7, 11) is 1.77. The van der Waals surface area contributed by atoms with Gasteiger partial charge in [-0.3, -0.25) is 9.56 Å². The minimum atomic E-state index is 0.367. The molecule has 7 heteroatoms. The zero-order valence-electron chi connectivity index (χ0n) is 17.9. The van der Waals surface area contributed by atoms with Crippen LogP contribution in [0.15, 0.2) is 66.0 Å². The number of aryl methyl sites for hydroxylation is 1. The van der Waals surface area contributed by atoms with Gasteiger partial charge in [-0.1, -0.05) is 43.3 Å². The third-order valence-electron chi connectivity index (χ3n) is 4.70. The Morgan fingerprint density at radius 3 is 2.60 bits per heavy atom. The highest BCUT2D eigenvalue weighted by Gasteiger charge is 2.06. The number of guanidine groups is 1. The summed E-state index contributed by atoms with van der Waals surface area (Å²) in [6, 6.07) is 14.3. The molecular formula is C23H30N6O. The fourth-order valence-electron chi connectivity index (χ4n) is 2.97. The van der Waals surface area contributed by atoms with Crippen molar-refractivity contribution in [2.45, 2.75) is 27.0 Å². The second-order valence-electron chi connectivity index (χ2n) is 7.28. The number of pyridine rings is 1. The Morgan fingerprint density at radius 1 is 1.10 bits per heavy atom. The highest BCUT2D eigenvalue weighted by Crippen LogP contribution is 2.08. The monoisotopic (exact) mass is 406 g/mol. The highest BCUT2D eigenvalue weighted by atomic mass is 16.5. The molecule has 1 aromatic carbocycles. The van der Waals surface area contributed by atoms with E-state index in [2.05, 4.69) is 50.7 Å². The molecule has 3 rings (SSSR count). The molecule has 0 aliphatic heterocycles. The molecule has 0 saturated carbocycles. The van der Waals surface area contributed by atoms with E-state index < -0.39 is 0 Å². The van der Waals surface area contributed by atoms with E-state index >= 15 is 0 Å². The van der Waals surface area contributed by atoms with Crippen LogP contribution >= 0.6 is 0 Å². The third-order valence-corrected chi connectivity index (χ3v) is 4.70. The van der Waals surface area contributed by atoms with Crippen molar-refractivity contribution in [1.29, 1.82) is 0 Å². The lowest BCUT2D eigenvalue weighted by Gasteiger charge is -2.16. The molecule has 0 amide bonds. The summed E-state index contributed by atoms with van der Waals surface area (Å²) in [4.78, 5) is 13.1. The average Bonchev–Trinajstić information content (AvgIpc) is 3.21. The number of rotatable bonds is 9. The Balaban J connectivity index is 1.38. The van der Waals surface area contributed by atoms with Crippen molar-refractivity contribution >= 4 is 5.96 Å². The van der Waals surface area contributed by atoms with Crippen LogP contribution in [0.25, 0.3) is 5.82 Å². The second-order valence-corrected chi connectivity index (χ2v) is 7.28. The first kappa shape index (κ1) is 21.5. The van der Waals surface area contributed by atoms with Crippen LogP contribution in [0.1, 0.15) is 23.9 Å². The molecule has 0 aliphatic carbocycles. The predicted octanol–water partition coefficient (Wildman–Crippen LogP) is 3.09. The van der Waals surface area contributed by atoms with Gasteiger partial charge in [0.15, 0.2) is 5.96 Å². The van der Waals surface area contributed by atoms with Crippen LogP contribution in [-0.4, -0.2) is 40.7 Å². The number of nitrogens with zero attached hydrogens (tertiary/aromatic N) is 4. The molecule has 7 nitrogen and oxygen atoms in total. The minimum Gasteiger partial charge on any atom is -0.376 e. The zero-order chi connectivity index (χ0) is 21.2. The standard InChI is InChI=1S/C23H30N6O/c1-18(16-30-17-20-7-5-4-6-8-20)13-27-23(24-3)28-15-21-9-10-22(26-14-21)29-12-11-25-19(29)2/h4-12,14,18H,13,15-17H2,1-3H3,(H2,24,27,28). The lowest BCUT2D eigenvalue weighted by atomic mass is 10.2. The molecule has 2 aromatic heterocycles. The van der Waals surface area contributed by atoms with Gasteiger partial charge in [0.25, 0.3) is 0 Å². The number of aliphatic imine (C=N–C) groups is 1. The van der Waals surface area contributed by atoms with Crippen LogP contribution < -0.4 is 10.6 Å². The van der Waals surface area contributed by atoms with Crippen molar-refractivity contribution in [2.75, 3.05) is 20.2 Å². The van der Waals surface area contributed by atoms with Gasteiger partial charge in [0.05, 0.1) is 13.2 Å². The smallest absolute Gasteiger partial charge is 0.191 e. The number of aromatic nitrogens is 3. The first-order chi connectivity index (χ1) is 14.7. The molecule has 30 heavy (non-hydrogen) atoms. The van der Waals surface area contributed by atoms with Gasteiger partial charge in [-0.05, 0) is 30.0 Å². The summed E-state index contributed by atoms with van der Waals surface area (Å²) in [5.41, 5.74) is 2.27. The lowest BCUT2D eigenvalue weighted by molar-refractivity contribution is 0.0931. The molecule has 158 valence electrons. The first-order valence-electron chi connectivity index (χ1n) is 10.2. The molecule has 0 saturated heterocycles. The van der Waals surface area contributed by atoms with Crippen molar-refractivity contribution in [3.8, 4) is 5.82 Å². The fourth-order valence-corrected chi connectivity index (χ4v) is 2.97. The SMILES string of the molecule is CN=C(NCc1ccc(-n2ccnc2C)nc1)NCC(C)COCc1ccccc1. The van der Waals surface area contributed by atoms with E-state index in [4.69, 9.17) is 4.74 Å². The molecular weight excluding hydrogens is 376 g/mol. The summed E-state index contributed by atoms with van der Waals surface area (Å²) in [5, 5.41) is 6.68. The van der Waals surface area contributed by atoms with Crippen LogP contribution in [0.5, 0.6) is 0 Å². The third kappa shape index (κ3) is 6.42. The molecule has 0 spiro atoms. The number of benzene rings is 1. The van der Waals surface area contributed by atoms with Gasteiger partial charge in [0.1, 0.15) is 11.6 Å². The minimum absolute atomic E-state index is 0.367. The van der Waals surface area contributed by atoms with Crippen molar-refractivity contribution in [2.24, 2.45) is 10.9 Å². The zero-order valence-corrected chi connectivity index (χ0v) is 17.9. The quantitative estimate of drug-likeness (QED) is 0.422. The molecule has 3 aromatic rings. The number of ether oxygens (including phenoxy) is 1. The Kier molecular flexibility index (Phi) is 7.97. The van der Waals surface area contributed by atoms with Crippen LogP contribution in [0.4, 0.5) is 0 Å². The lowest BCUT2D eigenvalue weighted by Crippen LogP contribution is -2.39. The average molecular weight is 407 g/mol. The summed E-state index contributed by atoms with van der Waals surface area (Å²) in [6.45, 7) is 6.88. The Morgan fingerprint density at radius 2 is 1.93 bits per heavy atom. The van der Waals surface area contributed by atoms with E-state index in [0.29, 0.717) is 25.7 Å². The molecule has 1 unspecified atom stereocenters. The second kappa shape index (κ2) is 11.1. The van der Waals surface area contributed by atoms with Gasteiger partial charge in [-0.25, -0.2) is 9.97 Å². The number of imidazole rings is 1. The van der Waals surface area contributed by atoms with Gasteiger partial charge >= 0.3 is 0 Å². The van der Waals surface area contributed by atoms with Crippen LogP contribution in [0.2, 0.25) is 0 Å². The molecule has 2 heterocycles. The van der Waals surface area contributed by atoms with Crippen molar-refractivity contribution in [1.82, 2.24) is 25.2 Å². The summed E-state index contributed by atoms with van der Waals surface area (Å²) in [6.07, 6.45) is 5.55. The Labute approximate surface area is 178 Å². The molecule has 2 N–H and O–H groups in total. The summed E-state index contributed by atoms with van der Waals surface area (Å²) in [5.74, 6) is 2.91. The van der Waals surface area contributed by atoms with E-state index in [1.165, 1.54) is 5.56 Å². The van der Waals surface area contributed by atoms with Gasteiger partial charge in [-0.2, -0.15) is 0 Å². The predicted molar refractivity (Wildman–Crippen MR) is 120 cm³/mol. The van der Waals surface area contributed by atoms with Gasteiger partial charge in [-0.15, -0.1) is 0 Å². The maximum atomic E-state index is 5.81. The molecule has 0 fully saturated rings. The van der Waals surface area contributed by atoms with E-state index in [1.54, 1.807) is 13.2 Å². The molecule has 0 bridgehead atoms.